The number of nitrogens with one attached hydrogen (secondary N) is 1. The Kier molecular flexibility index (Phi) is 8.15. The Morgan fingerprint density at radius 3 is 2.74 bits per heavy atom. The predicted octanol–water partition coefficient (Wildman–Crippen LogP) is 0.499. The number of carbonyl (C=O) groups excluding carboxylic acids is 3. The molecule has 1 rings (SSSR count). The first-order valence-electron chi connectivity index (χ1n) is 7.73. The molecule has 0 aliphatic carbocycles. The van der Waals surface area contributed by atoms with E-state index in [4.69, 9.17) is 15.0 Å². The van der Waals surface area contributed by atoms with Crippen LogP contribution in [0.25, 0.3) is 5.53 Å². The predicted molar refractivity (Wildman–Crippen MR) is 80.6 cm³/mol. The Labute approximate surface area is 135 Å². The van der Waals surface area contributed by atoms with Gasteiger partial charge in [-0.1, -0.05) is 0 Å². The second kappa shape index (κ2) is 9.86. The fourth-order valence-electron chi connectivity index (χ4n) is 2.22. The van der Waals surface area contributed by atoms with Crippen LogP contribution in [0.5, 0.6) is 0 Å². The van der Waals surface area contributed by atoms with E-state index in [0.29, 0.717) is 19.6 Å². The summed E-state index contributed by atoms with van der Waals surface area (Å²) in [5.41, 5.74) is 8.32. The zero-order valence-corrected chi connectivity index (χ0v) is 13.5. The average Bonchev–Trinajstić information content (AvgIpc) is 2.51. The van der Waals surface area contributed by atoms with Crippen LogP contribution in [0.4, 0.5) is 0 Å². The highest BCUT2D eigenvalue weighted by Gasteiger charge is 2.28. The maximum absolute atomic E-state index is 12.2. The molecule has 23 heavy (non-hydrogen) atoms. The lowest BCUT2D eigenvalue weighted by Crippen LogP contribution is -2.46. The van der Waals surface area contributed by atoms with Gasteiger partial charge in [0.15, 0.2) is 0 Å². The van der Waals surface area contributed by atoms with Crippen LogP contribution < -0.4 is 5.32 Å². The van der Waals surface area contributed by atoms with Gasteiger partial charge in [-0.3, -0.25) is 9.59 Å². The van der Waals surface area contributed by atoms with Crippen LogP contribution in [-0.2, 0) is 23.9 Å². The summed E-state index contributed by atoms with van der Waals surface area (Å²) >= 11 is 0. The number of esters is 1. The lowest BCUT2D eigenvalue weighted by molar-refractivity contribution is -0.152. The summed E-state index contributed by atoms with van der Waals surface area (Å²) in [7, 11) is 0. The van der Waals surface area contributed by atoms with Crippen molar-refractivity contribution in [1.82, 2.24) is 5.32 Å². The molecule has 0 spiro atoms. The number of Topliss-reactive ketones (excluding diaryl/α,β-unsaturated/α-hetero) is 1. The fourth-order valence-corrected chi connectivity index (χ4v) is 2.22. The highest BCUT2D eigenvalue weighted by molar-refractivity contribution is 6.25. The number of rotatable bonds is 8. The van der Waals surface area contributed by atoms with Crippen molar-refractivity contribution in [1.29, 1.82) is 0 Å². The molecule has 1 heterocycles. The Morgan fingerprint density at radius 1 is 1.43 bits per heavy atom. The van der Waals surface area contributed by atoms with E-state index >= 15 is 0 Å². The van der Waals surface area contributed by atoms with Gasteiger partial charge in [0.05, 0.1) is 18.6 Å². The van der Waals surface area contributed by atoms with E-state index in [2.05, 4.69) is 10.1 Å². The number of carbonyl (C=O) groups is 3. The first-order valence-corrected chi connectivity index (χ1v) is 7.73. The number of ketones is 1. The minimum Gasteiger partial charge on any atom is -0.461 e. The van der Waals surface area contributed by atoms with Gasteiger partial charge in [0, 0.05) is 13.0 Å². The monoisotopic (exact) mass is 325 g/mol. The van der Waals surface area contributed by atoms with Crippen LogP contribution in [0.15, 0.2) is 0 Å². The highest BCUT2D eigenvalue weighted by Crippen LogP contribution is 2.14. The molecule has 1 aliphatic rings. The van der Waals surface area contributed by atoms with Crippen LogP contribution >= 0.6 is 0 Å². The first kappa shape index (κ1) is 19.0. The summed E-state index contributed by atoms with van der Waals surface area (Å²) in [6.07, 6.45) is 1.98. The third kappa shape index (κ3) is 7.17. The van der Waals surface area contributed by atoms with E-state index in [1.54, 1.807) is 13.8 Å². The summed E-state index contributed by atoms with van der Waals surface area (Å²) in [6, 6.07) is -0.914. The van der Waals surface area contributed by atoms with Gasteiger partial charge in [-0.2, -0.15) is 4.79 Å². The molecule has 0 aromatic rings. The smallest absolute Gasteiger partial charge is 0.328 e. The molecule has 1 aliphatic heterocycles. The average molecular weight is 325 g/mol. The molecule has 1 amide bonds. The topological polar surface area (TPSA) is 118 Å². The molecule has 0 bridgehead atoms. The number of hydrogen-bond donors (Lipinski definition) is 1. The highest BCUT2D eigenvalue weighted by atomic mass is 16.5. The van der Waals surface area contributed by atoms with Crippen molar-refractivity contribution in [3.8, 4) is 0 Å². The summed E-state index contributed by atoms with van der Waals surface area (Å²) in [6.45, 7) is 4.37. The molecule has 0 unspecified atom stereocenters. The summed E-state index contributed by atoms with van der Waals surface area (Å²) in [5, 5.41) is 2.64. The minimum atomic E-state index is -0.914. The zero-order valence-electron chi connectivity index (χ0n) is 13.5. The molecule has 1 N–H and O–H groups in total. The van der Waals surface area contributed by atoms with Crippen LogP contribution in [-0.4, -0.2) is 54.0 Å². The Hall–Kier alpha value is -2.05. The van der Waals surface area contributed by atoms with E-state index in [0.717, 1.165) is 12.6 Å². The van der Waals surface area contributed by atoms with Crippen molar-refractivity contribution in [2.75, 3.05) is 13.2 Å². The van der Waals surface area contributed by atoms with E-state index in [-0.39, 0.29) is 30.8 Å². The molecule has 1 fully saturated rings. The second-order valence-electron chi connectivity index (χ2n) is 5.71. The molecule has 128 valence electrons. The van der Waals surface area contributed by atoms with E-state index in [1.165, 1.54) is 0 Å². The molecular weight excluding hydrogens is 302 g/mol. The van der Waals surface area contributed by atoms with Gasteiger partial charge in [-0.25, -0.2) is 4.79 Å². The lowest BCUT2D eigenvalue weighted by Gasteiger charge is -2.24. The van der Waals surface area contributed by atoms with Gasteiger partial charge in [0.1, 0.15) is 6.04 Å². The zero-order chi connectivity index (χ0) is 17.2. The largest absolute Gasteiger partial charge is 0.461 e. The minimum absolute atomic E-state index is 0.0383. The van der Waals surface area contributed by atoms with Crippen molar-refractivity contribution in [2.45, 2.75) is 51.7 Å². The van der Waals surface area contributed by atoms with Gasteiger partial charge >= 0.3 is 12.2 Å². The van der Waals surface area contributed by atoms with Gasteiger partial charge in [0.2, 0.25) is 11.7 Å². The van der Waals surface area contributed by atoms with Crippen molar-refractivity contribution >= 4 is 23.9 Å². The number of hydrogen-bond acceptors (Lipinski definition) is 5. The lowest BCUT2D eigenvalue weighted by atomic mass is 10.0. The molecule has 2 atom stereocenters. The van der Waals surface area contributed by atoms with E-state index in [1.807, 2.05) is 0 Å². The number of nitrogens with zero attached hydrogens (tertiary/aromatic N) is 2. The molecule has 0 aromatic carbocycles. The molecule has 0 saturated carbocycles. The van der Waals surface area contributed by atoms with E-state index in [9.17, 15) is 14.4 Å². The molecule has 0 aromatic heterocycles. The quantitative estimate of drug-likeness (QED) is 0.302. The van der Waals surface area contributed by atoms with Gasteiger partial charge < -0.3 is 20.3 Å². The third-order valence-corrected chi connectivity index (χ3v) is 3.37. The summed E-state index contributed by atoms with van der Waals surface area (Å²) < 4.78 is 10.4. The summed E-state index contributed by atoms with van der Waals surface area (Å²) in [4.78, 5) is 38.3. The number of ether oxygens (including phenoxy) is 2. The molecule has 1 saturated heterocycles. The maximum atomic E-state index is 12.2. The van der Waals surface area contributed by atoms with Crippen molar-refractivity contribution < 1.29 is 28.6 Å². The Bertz CT molecular complexity index is 480. The third-order valence-electron chi connectivity index (χ3n) is 3.37. The molecular formula is C15H23N3O5. The normalized spacial score (nSPS) is 18.7. The van der Waals surface area contributed by atoms with Crippen LogP contribution in [0.1, 0.15) is 39.5 Å². The first-order chi connectivity index (χ1) is 10.9. The van der Waals surface area contributed by atoms with Crippen molar-refractivity contribution in [3.05, 3.63) is 5.53 Å². The molecule has 8 heteroatoms. The van der Waals surface area contributed by atoms with Crippen molar-refractivity contribution in [3.63, 3.8) is 0 Å². The fraction of sp³-hybridized carbons (Fsp3) is 0.733. The Morgan fingerprint density at radius 2 is 2.17 bits per heavy atom. The maximum Gasteiger partial charge on any atom is 0.328 e. The van der Waals surface area contributed by atoms with Gasteiger partial charge in [-0.05, 0) is 33.1 Å². The Balaban J connectivity index is 2.65. The SMILES string of the molecule is CC(C)OC(=O)[C@H](CCC(=O)C=[N+]=[N-])NC(=O)[C@H]1CCCOC1. The molecule has 8 nitrogen and oxygen atoms in total. The van der Waals surface area contributed by atoms with Crippen LogP contribution in [0.3, 0.4) is 0 Å². The van der Waals surface area contributed by atoms with Crippen LogP contribution in [0.2, 0.25) is 0 Å². The van der Waals surface area contributed by atoms with E-state index < -0.39 is 17.8 Å². The van der Waals surface area contributed by atoms with Gasteiger partial charge in [-0.15, -0.1) is 0 Å². The van der Waals surface area contributed by atoms with Gasteiger partial charge in [0.25, 0.3) is 0 Å². The second-order valence-corrected chi connectivity index (χ2v) is 5.71. The standard InChI is InChI=1S/C15H23N3O5/c1-10(2)23-15(21)13(6-5-12(19)8-17-16)18-14(20)11-4-3-7-22-9-11/h8,10-11,13H,3-7,9H2,1-2H3,(H,18,20)/t11-,13-/m0/s1. The summed E-state index contributed by atoms with van der Waals surface area (Å²) in [5.74, 6) is -1.60. The van der Waals surface area contributed by atoms with Crippen molar-refractivity contribution in [2.24, 2.45) is 5.92 Å². The number of amides is 1. The molecule has 0 radical (unpaired) electrons. The van der Waals surface area contributed by atoms with Crippen LogP contribution in [0, 0.1) is 5.92 Å².